The number of para-hydroxylation sites is 1. The fourth-order valence-electron chi connectivity index (χ4n) is 1.52. The molecule has 1 aromatic heterocycles. The van der Waals surface area contributed by atoms with Gasteiger partial charge in [-0.3, -0.25) is 4.72 Å². The number of sulfonamides is 1. The molecule has 0 saturated carbocycles. The first kappa shape index (κ1) is 14.3. The first-order valence-electron chi connectivity index (χ1n) is 5.37. The van der Waals surface area contributed by atoms with Crippen molar-refractivity contribution >= 4 is 37.5 Å². The zero-order chi connectivity index (χ0) is 14.8. The molecule has 2 aromatic rings. The molecule has 0 bridgehead atoms. The Labute approximate surface area is 124 Å². The second-order valence-corrected chi connectivity index (χ2v) is 6.37. The molecule has 102 valence electrons. The summed E-state index contributed by atoms with van der Waals surface area (Å²) >= 11 is 3.14. The highest BCUT2D eigenvalue weighted by atomic mass is 79.9. The summed E-state index contributed by atoms with van der Waals surface area (Å²) in [7, 11) is -3.92. The van der Waals surface area contributed by atoms with Crippen LogP contribution in [0.5, 0.6) is 0 Å². The zero-order valence-electron chi connectivity index (χ0n) is 10.0. The number of rotatable bonds is 3. The van der Waals surface area contributed by atoms with Gasteiger partial charge in [-0.15, -0.1) is 0 Å². The summed E-state index contributed by atoms with van der Waals surface area (Å²) < 4.78 is 27.4. The molecule has 0 aliphatic heterocycles. The van der Waals surface area contributed by atoms with Crippen LogP contribution in [0.2, 0.25) is 0 Å². The monoisotopic (exact) mass is 352 g/mol. The second-order valence-electron chi connectivity index (χ2n) is 3.80. The molecule has 3 N–H and O–H groups in total. The largest absolute Gasteiger partial charge is 0.383 e. The van der Waals surface area contributed by atoms with Crippen molar-refractivity contribution in [3.63, 3.8) is 0 Å². The van der Waals surface area contributed by atoms with Crippen LogP contribution in [0.4, 0.5) is 11.5 Å². The minimum absolute atomic E-state index is 0.116. The molecule has 20 heavy (non-hydrogen) atoms. The van der Waals surface area contributed by atoms with Crippen LogP contribution in [0.25, 0.3) is 0 Å². The Bertz CT molecular complexity index is 799. The molecular weight excluding hydrogens is 344 g/mol. The number of nitrogen functional groups attached to an aromatic ring is 1. The van der Waals surface area contributed by atoms with Gasteiger partial charge < -0.3 is 5.73 Å². The summed E-state index contributed by atoms with van der Waals surface area (Å²) in [4.78, 5) is 3.62. The van der Waals surface area contributed by atoms with E-state index in [1.54, 1.807) is 12.1 Å². The quantitative estimate of drug-likeness (QED) is 0.878. The third kappa shape index (κ3) is 2.89. The number of hydrogen-bond acceptors (Lipinski definition) is 5. The van der Waals surface area contributed by atoms with Crippen molar-refractivity contribution in [3.8, 4) is 6.07 Å². The highest BCUT2D eigenvalue weighted by Gasteiger charge is 2.20. The molecule has 0 spiro atoms. The summed E-state index contributed by atoms with van der Waals surface area (Å²) in [5, 5.41) is 8.96. The molecule has 8 heteroatoms. The minimum Gasteiger partial charge on any atom is -0.383 e. The van der Waals surface area contributed by atoms with E-state index in [1.807, 2.05) is 6.07 Å². The maximum absolute atomic E-state index is 12.3. The van der Waals surface area contributed by atoms with E-state index < -0.39 is 10.0 Å². The number of halogens is 1. The number of hydrogen-bond donors (Lipinski definition) is 2. The van der Waals surface area contributed by atoms with Crippen molar-refractivity contribution in [1.29, 1.82) is 5.26 Å². The van der Waals surface area contributed by atoms with Gasteiger partial charge in [0.05, 0.1) is 11.3 Å². The predicted octanol–water partition coefficient (Wildman–Crippen LogP) is 2.10. The van der Waals surface area contributed by atoms with Crippen molar-refractivity contribution in [1.82, 2.24) is 4.98 Å². The van der Waals surface area contributed by atoms with E-state index in [0.717, 1.165) is 0 Å². The van der Waals surface area contributed by atoms with Gasteiger partial charge in [-0.1, -0.05) is 12.1 Å². The van der Waals surface area contributed by atoms with Gasteiger partial charge in [-0.2, -0.15) is 5.26 Å². The Morgan fingerprint density at radius 3 is 2.75 bits per heavy atom. The van der Waals surface area contributed by atoms with E-state index in [0.29, 0.717) is 4.47 Å². The standard InChI is InChI=1S/C12H9BrN4O2S/c13-9-5-11(12(15)16-7-9)20(18,19)17-10-4-2-1-3-8(10)6-14/h1-5,7,17H,(H2,15,16). The average Bonchev–Trinajstić information content (AvgIpc) is 2.41. The summed E-state index contributed by atoms with van der Waals surface area (Å²) in [5.41, 5.74) is 5.99. The zero-order valence-corrected chi connectivity index (χ0v) is 12.4. The van der Waals surface area contributed by atoms with Crippen LogP contribution < -0.4 is 10.5 Å². The minimum atomic E-state index is -3.92. The average molecular weight is 353 g/mol. The number of nitriles is 1. The van der Waals surface area contributed by atoms with Crippen LogP contribution in [-0.2, 0) is 10.0 Å². The Morgan fingerprint density at radius 1 is 1.35 bits per heavy atom. The molecule has 0 atom stereocenters. The van der Waals surface area contributed by atoms with Crippen LogP contribution >= 0.6 is 15.9 Å². The number of nitrogens with zero attached hydrogens (tertiary/aromatic N) is 2. The molecule has 2 rings (SSSR count). The number of nitrogens with one attached hydrogen (secondary N) is 1. The normalized spacial score (nSPS) is 10.8. The first-order chi connectivity index (χ1) is 9.44. The van der Waals surface area contributed by atoms with Crippen molar-refractivity contribution in [2.45, 2.75) is 4.90 Å². The van der Waals surface area contributed by atoms with Crippen molar-refractivity contribution in [2.24, 2.45) is 0 Å². The lowest BCUT2D eigenvalue weighted by atomic mass is 10.2. The Morgan fingerprint density at radius 2 is 2.05 bits per heavy atom. The Kier molecular flexibility index (Phi) is 3.92. The van der Waals surface area contributed by atoms with Gasteiger partial charge in [0.25, 0.3) is 10.0 Å². The van der Waals surface area contributed by atoms with Crippen LogP contribution in [0.3, 0.4) is 0 Å². The van der Waals surface area contributed by atoms with Gasteiger partial charge in [-0.05, 0) is 34.1 Å². The van der Waals surface area contributed by atoms with E-state index in [2.05, 4.69) is 25.6 Å². The van der Waals surface area contributed by atoms with Crippen molar-refractivity contribution in [3.05, 3.63) is 46.6 Å². The second kappa shape index (κ2) is 5.48. The fourth-order valence-corrected chi connectivity index (χ4v) is 3.19. The molecule has 0 unspecified atom stereocenters. The summed E-state index contributed by atoms with van der Waals surface area (Å²) in [6.45, 7) is 0. The highest BCUT2D eigenvalue weighted by molar-refractivity contribution is 9.10. The van der Waals surface area contributed by atoms with Gasteiger partial charge >= 0.3 is 0 Å². The third-order valence-electron chi connectivity index (χ3n) is 2.43. The van der Waals surface area contributed by atoms with E-state index in [1.165, 1.54) is 24.4 Å². The van der Waals surface area contributed by atoms with Crippen molar-refractivity contribution in [2.75, 3.05) is 10.5 Å². The number of pyridine rings is 1. The molecule has 6 nitrogen and oxygen atoms in total. The van der Waals surface area contributed by atoms with Gasteiger partial charge in [0, 0.05) is 10.7 Å². The molecule has 0 aliphatic carbocycles. The Balaban J connectivity index is 2.47. The summed E-state index contributed by atoms with van der Waals surface area (Å²) in [5.74, 6) is -0.116. The van der Waals surface area contributed by atoms with Gasteiger partial charge in [0.15, 0.2) is 0 Å². The van der Waals surface area contributed by atoms with Crippen LogP contribution in [0, 0.1) is 11.3 Å². The summed E-state index contributed by atoms with van der Waals surface area (Å²) in [6.07, 6.45) is 1.40. The Hall–Kier alpha value is -2.11. The lowest BCUT2D eigenvalue weighted by molar-refractivity contribution is 0.601. The number of benzene rings is 1. The molecule has 0 radical (unpaired) electrons. The maximum atomic E-state index is 12.3. The van der Waals surface area contributed by atoms with Gasteiger partial charge in [0.2, 0.25) is 0 Å². The van der Waals surface area contributed by atoms with Crippen LogP contribution in [0.15, 0.2) is 45.9 Å². The first-order valence-corrected chi connectivity index (χ1v) is 7.64. The third-order valence-corrected chi connectivity index (χ3v) is 4.26. The van der Waals surface area contributed by atoms with Crippen molar-refractivity contribution < 1.29 is 8.42 Å². The topological polar surface area (TPSA) is 109 Å². The highest BCUT2D eigenvalue weighted by Crippen LogP contribution is 2.24. The molecular formula is C12H9BrN4O2S. The molecule has 0 aliphatic rings. The van der Waals surface area contributed by atoms with Crippen LogP contribution in [-0.4, -0.2) is 13.4 Å². The molecule has 1 aromatic carbocycles. The SMILES string of the molecule is N#Cc1ccccc1NS(=O)(=O)c1cc(Br)cnc1N. The van der Waals surface area contributed by atoms with E-state index in [4.69, 9.17) is 11.0 Å². The number of nitrogens with two attached hydrogens (primary N) is 1. The molecule has 0 saturated heterocycles. The fraction of sp³-hybridized carbons (Fsp3) is 0. The lowest BCUT2D eigenvalue weighted by Gasteiger charge is -2.10. The smallest absolute Gasteiger partial charge is 0.265 e. The molecule has 1 heterocycles. The van der Waals surface area contributed by atoms with E-state index in [9.17, 15) is 8.42 Å². The molecule has 0 amide bonds. The maximum Gasteiger partial charge on any atom is 0.265 e. The number of aromatic nitrogens is 1. The van der Waals surface area contributed by atoms with E-state index in [-0.39, 0.29) is 22.0 Å². The molecule has 0 fully saturated rings. The van der Waals surface area contributed by atoms with Gasteiger partial charge in [0.1, 0.15) is 16.8 Å². The van der Waals surface area contributed by atoms with Crippen LogP contribution in [0.1, 0.15) is 5.56 Å². The predicted molar refractivity (Wildman–Crippen MR) is 78.3 cm³/mol. The lowest BCUT2D eigenvalue weighted by Crippen LogP contribution is -2.16. The van der Waals surface area contributed by atoms with E-state index >= 15 is 0 Å². The summed E-state index contributed by atoms with van der Waals surface area (Å²) in [6, 6.07) is 9.54. The van der Waals surface area contributed by atoms with Gasteiger partial charge in [-0.25, -0.2) is 13.4 Å². The number of anilines is 2.